The summed E-state index contributed by atoms with van der Waals surface area (Å²) in [4.78, 5) is 4.25. The van der Waals surface area contributed by atoms with Crippen LogP contribution in [0.25, 0.3) is 0 Å². The van der Waals surface area contributed by atoms with Gasteiger partial charge in [-0.05, 0) is 30.3 Å². The van der Waals surface area contributed by atoms with Crippen LogP contribution in [0.4, 0.5) is 0 Å². The van der Waals surface area contributed by atoms with Gasteiger partial charge >= 0.3 is 0 Å². The molecule has 0 aliphatic carbocycles. The molecule has 0 spiro atoms. The Morgan fingerprint density at radius 2 is 2.17 bits per heavy atom. The van der Waals surface area contributed by atoms with Crippen LogP contribution in [0.1, 0.15) is 5.56 Å². The molecule has 0 aliphatic heterocycles. The maximum Gasteiger partial charge on any atom is 0.122 e. The molecule has 0 bridgehead atoms. The summed E-state index contributed by atoms with van der Waals surface area (Å²) >= 11 is 10.9. The first kappa shape index (κ1) is 13.7. The Bertz CT molecular complexity index is 533. The van der Waals surface area contributed by atoms with Crippen molar-refractivity contribution >= 4 is 39.3 Å². The van der Waals surface area contributed by atoms with Crippen LogP contribution in [-0.4, -0.2) is 12.1 Å². The molecule has 0 unspecified atom stereocenters. The number of hydrogen-bond donors (Lipinski definition) is 0. The molecule has 0 radical (unpaired) electrons. The molecule has 0 fully saturated rings. The van der Waals surface area contributed by atoms with Gasteiger partial charge in [-0.2, -0.15) is 0 Å². The van der Waals surface area contributed by atoms with E-state index >= 15 is 0 Å². The summed E-state index contributed by atoms with van der Waals surface area (Å²) < 4.78 is 6.38. The van der Waals surface area contributed by atoms with Crippen molar-refractivity contribution < 1.29 is 4.74 Å². The molecule has 2 nitrogen and oxygen atoms in total. The maximum atomic E-state index is 5.80. The number of thioether (sulfide) groups is 1. The predicted molar refractivity (Wildman–Crippen MR) is 79.5 cm³/mol. The number of ether oxygens (including phenoxy) is 1. The molecule has 94 valence electrons. The number of hydrogen-bond acceptors (Lipinski definition) is 3. The van der Waals surface area contributed by atoms with Crippen molar-refractivity contribution in [2.45, 2.75) is 10.8 Å². The van der Waals surface area contributed by atoms with E-state index in [1.165, 1.54) is 0 Å². The molecular weight excluding hydrogens is 334 g/mol. The molecule has 1 heterocycles. The summed E-state index contributed by atoms with van der Waals surface area (Å²) in [6.45, 7) is 0. The number of pyridine rings is 1. The lowest BCUT2D eigenvalue weighted by Gasteiger charge is -2.08. The molecule has 5 heteroatoms. The van der Waals surface area contributed by atoms with Crippen molar-refractivity contribution in [1.29, 1.82) is 0 Å². The van der Waals surface area contributed by atoms with Gasteiger partial charge in [-0.25, -0.2) is 4.98 Å². The first-order valence-corrected chi connectivity index (χ1v) is 7.41. The van der Waals surface area contributed by atoms with Gasteiger partial charge in [-0.1, -0.05) is 27.5 Å². The van der Waals surface area contributed by atoms with Crippen LogP contribution in [0.5, 0.6) is 5.75 Å². The van der Waals surface area contributed by atoms with Gasteiger partial charge in [0.15, 0.2) is 0 Å². The van der Waals surface area contributed by atoms with Crippen molar-refractivity contribution in [3.63, 3.8) is 0 Å². The topological polar surface area (TPSA) is 22.1 Å². The summed E-state index contributed by atoms with van der Waals surface area (Å²) in [7, 11) is 1.68. The molecule has 0 atom stereocenters. The zero-order chi connectivity index (χ0) is 13.0. The average Bonchev–Trinajstić information content (AvgIpc) is 2.38. The van der Waals surface area contributed by atoms with Crippen LogP contribution >= 0.6 is 39.3 Å². The van der Waals surface area contributed by atoms with Crippen molar-refractivity contribution in [3.05, 3.63) is 51.6 Å². The molecule has 0 amide bonds. The molecule has 0 saturated carbocycles. The highest BCUT2D eigenvalue weighted by Gasteiger charge is 2.05. The van der Waals surface area contributed by atoms with Gasteiger partial charge in [0, 0.05) is 22.0 Å². The molecule has 0 N–H and O–H groups in total. The normalized spacial score (nSPS) is 10.4. The van der Waals surface area contributed by atoms with E-state index in [1.54, 1.807) is 25.1 Å². The van der Waals surface area contributed by atoms with Crippen LogP contribution in [0.15, 0.2) is 46.0 Å². The summed E-state index contributed by atoms with van der Waals surface area (Å²) in [5, 5.41) is 1.60. The second-order valence-electron chi connectivity index (χ2n) is 3.56. The second kappa shape index (κ2) is 6.45. The fourth-order valence-electron chi connectivity index (χ4n) is 1.46. The van der Waals surface area contributed by atoms with E-state index in [0.717, 1.165) is 26.6 Å². The molecule has 1 aromatic heterocycles. The van der Waals surface area contributed by atoms with E-state index in [2.05, 4.69) is 27.0 Å². The number of methoxy groups -OCH3 is 1. The number of nitrogens with zero attached hydrogens (tertiary/aromatic N) is 1. The number of benzene rings is 1. The molecular formula is C13H11BrClNOS. The van der Waals surface area contributed by atoms with E-state index < -0.39 is 0 Å². The fraction of sp³-hybridized carbons (Fsp3) is 0.154. The van der Waals surface area contributed by atoms with Crippen LogP contribution in [0.2, 0.25) is 5.02 Å². The van der Waals surface area contributed by atoms with Crippen LogP contribution in [0, 0.1) is 0 Å². The van der Waals surface area contributed by atoms with Gasteiger partial charge in [-0.15, -0.1) is 11.8 Å². The highest BCUT2D eigenvalue weighted by molar-refractivity contribution is 9.10. The molecule has 2 rings (SSSR count). The van der Waals surface area contributed by atoms with Gasteiger partial charge in [0.1, 0.15) is 5.75 Å². The highest BCUT2D eigenvalue weighted by Crippen LogP contribution is 2.29. The number of rotatable bonds is 4. The summed E-state index contributed by atoms with van der Waals surface area (Å²) in [6, 6.07) is 9.73. The van der Waals surface area contributed by atoms with Gasteiger partial charge in [-0.3, -0.25) is 0 Å². The standard InChI is InChI=1S/C13H11BrClNOS/c1-17-12-4-2-10(14)6-9(12)8-18-13-5-3-11(15)7-16-13/h2-7H,8H2,1H3. The number of halogens is 2. The molecule has 1 aromatic carbocycles. The van der Waals surface area contributed by atoms with Gasteiger partial charge in [0.25, 0.3) is 0 Å². The smallest absolute Gasteiger partial charge is 0.122 e. The van der Waals surface area contributed by atoms with Crippen LogP contribution < -0.4 is 4.74 Å². The molecule has 0 aliphatic rings. The second-order valence-corrected chi connectivity index (χ2v) is 5.91. The Balaban J connectivity index is 2.09. The van der Waals surface area contributed by atoms with E-state index in [4.69, 9.17) is 16.3 Å². The Labute approximate surface area is 124 Å². The first-order valence-electron chi connectivity index (χ1n) is 5.26. The third-order valence-corrected chi connectivity index (χ3v) is 4.03. The third-order valence-electron chi connectivity index (χ3n) is 2.32. The lowest BCUT2D eigenvalue weighted by molar-refractivity contribution is 0.411. The monoisotopic (exact) mass is 343 g/mol. The molecule has 2 aromatic rings. The summed E-state index contributed by atoms with van der Waals surface area (Å²) in [5.41, 5.74) is 1.13. The Morgan fingerprint density at radius 3 is 2.83 bits per heavy atom. The Morgan fingerprint density at radius 1 is 1.33 bits per heavy atom. The van der Waals surface area contributed by atoms with Crippen molar-refractivity contribution in [2.24, 2.45) is 0 Å². The predicted octanol–water partition coefficient (Wildman–Crippen LogP) is 4.80. The van der Waals surface area contributed by atoms with Gasteiger partial charge in [0.05, 0.1) is 17.2 Å². The molecule has 18 heavy (non-hydrogen) atoms. The maximum absolute atomic E-state index is 5.80. The van der Waals surface area contributed by atoms with E-state index in [-0.39, 0.29) is 0 Å². The van der Waals surface area contributed by atoms with Gasteiger partial charge < -0.3 is 4.74 Å². The van der Waals surface area contributed by atoms with Gasteiger partial charge in [0.2, 0.25) is 0 Å². The minimum atomic E-state index is 0.652. The SMILES string of the molecule is COc1ccc(Br)cc1CSc1ccc(Cl)cn1. The van der Waals surface area contributed by atoms with Crippen molar-refractivity contribution in [2.75, 3.05) is 7.11 Å². The minimum Gasteiger partial charge on any atom is -0.496 e. The highest BCUT2D eigenvalue weighted by atomic mass is 79.9. The molecule has 0 saturated heterocycles. The lowest BCUT2D eigenvalue weighted by atomic mass is 10.2. The zero-order valence-electron chi connectivity index (χ0n) is 9.69. The van der Waals surface area contributed by atoms with E-state index in [0.29, 0.717) is 5.02 Å². The summed E-state index contributed by atoms with van der Waals surface area (Å²) in [5.74, 6) is 1.69. The Hall–Kier alpha value is -0.710. The van der Waals surface area contributed by atoms with Crippen LogP contribution in [-0.2, 0) is 5.75 Å². The lowest BCUT2D eigenvalue weighted by Crippen LogP contribution is -1.90. The van der Waals surface area contributed by atoms with E-state index in [9.17, 15) is 0 Å². The largest absolute Gasteiger partial charge is 0.496 e. The fourth-order valence-corrected chi connectivity index (χ4v) is 2.80. The minimum absolute atomic E-state index is 0.652. The summed E-state index contributed by atoms with van der Waals surface area (Å²) in [6.07, 6.45) is 1.65. The van der Waals surface area contributed by atoms with E-state index in [1.807, 2.05) is 24.3 Å². The average molecular weight is 345 g/mol. The third kappa shape index (κ3) is 3.64. The number of aromatic nitrogens is 1. The Kier molecular flexibility index (Phi) is 4.92. The quantitative estimate of drug-likeness (QED) is 0.744. The first-order chi connectivity index (χ1) is 8.69. The van der Waals surface area contributed by atoms with Crippen molar-refractivity contribution in [3.8, 4) is 5.75 Å². The zero-order valence-corrected chi connectivity index (χ0v) is 12.8. The van der Waals surface area contributed by atoms with Crippen molar-refractivity contribution in [1.82, 2.24) is 4.98 Å². The van der Waals surface area contributed by atoms with Crippen LogP contribution in [0.3, 0.4) is 0 Å².